The number of aliphatic hydroxyl groups is 1. The van der Waals surface area contributed by atoms with Gasteiger partial charge in [-0.05, 0) is 37.1 Å². The third kappa shape index (κ3) is 2.73. The molecule has 0 fully saturated rings. The summed E-state index contributed by atoms with van der Waals surface area (Å²) in [4.78, 5) is 35.2. The van der Waals surface area contributed by atoms with Crippen LogP contribution in [0.3, 0.4) is 0 Å². The quantitative estimate of drug-likeness (QED) is 0.422. The lowest BCUT2D eigenvalue weighted by Crippen LogP contribution is -2.44. The lowest BCUT2D eigenvalue weighted by atomic mass is 9.86. The number of aryl methyl sites for hydroxylation is 1. The van der Waals surface area contributed by atoms with E-state index in [0.717, 1.165) is 52.7 Å². The third-order valence-corrected chi connectivity index (χ3v) is 6.83. The molecule has 6 rings (SSSR count). The summed E-state index contributed by atoms with van der Waals surface area (Å²) in [5.41, 5.74) is 2.95. The van der Waals surface area contributed by atoms with Gasteiger partial charge in [-0.15, -0.1) is 0 Å². The number of hydrogen-bond acceptors (Lipinski definition) is 7. The van der Waals surface area contributed by atoms with E-state index in [1.807, 2.05) is 18.2 Å². The highest BCUT2D eigenvalue weighted by Gasteiger charge is 2.45. The maximum Gasteiger partial charge on any atom is 0.343 e. The Hall–Kier alpha value is -3.52. The second kappa shape index (κ2) is 6.99. The van der Waals surface area contributed by atoms with Crippen LogP contribution < -0.4 is 5.56 Å². The van der Waals surface area contributed by atoms with Gasteiger partial charge in [0, 0.05) is 22.9 Å². The minimum atomic E-state index is -1.83. The molecule has 2 aliphatic rings. The number of ether oxygens (including phenoxy) is 1. The van der Waals surface area contributed by atoms with Crippen molar-refractivity contribution >= 4 is 28.0 Å². The number of carbonyl (C=O) groups is 1. The molecular formula is C25H23N3O5. The first kappa shape index (κ1) is 20.1. The first-order valence-corrected chi connectivity index (χ1v) is 11.3. The van der Waals surface area contributed by atoms with Crippen molar-refractivity contribution in [3.8, 4) is 11.4 Å². The SMILES string of the molecule is CCCCc1nc2c(ccc3nc4c(cc32)Cn2c-4cc3c(c2=O)COC(=O)[C@]3(O)CC)o1. The van der Waals surface area contributed by atoms with Crippen LogP contribution in [0.1, 0.15) is 55.7 Å². The van der Waals surface area contributed by atoms with Gasteiger partial charge in [0.25, 0.3) is 5.56 Å². The topological polar surface area (TPSA) is 107 Å². The highest BCUT2D eigenvalue weighted by molar-refractivity contribution is 6.03. The molecule has 8 heteroatoms. The lowest BCUT2D eigenvalue weighted by Gasteiger charge is -2.31. The number of pyridine rings is 2. The average molecular weight is 445 g/mol. The van der Waals surface area contributed by atoms with Gasteiger partial charge in [-0.3, -0.25) is 4.79 Å². The van der Waals surface area contributed by atoms with E-state index in [1.54, 1.807) is 17.6 Å². The van der Waals surface area contributed by atoms with Crippen molar-refractivity contribution in [2.45, 2.75) is 58.3 Å². The van der Waals surface area contributed by atoms with Gasteiger partial charge < -0.3 is 18.8 Å². The summed E-state index contributed by atoms with van der Waals surface area (Å²) in [7, 11) is 0. The van der Waals surface area contributed by atoms with Crippen LogP contribution in [-0.4, -0.2) is 25.6 Å². The summed E-state index contributed by atoms with van der Waals surface area (Å²) in [6.45, 7) is 4.04. The number of cyclic esters (lactones) is 1. The molecule has 168 valence electrons. The molecule has 3 aromatic heterocycles. The molecule has 5 heterocycles. The highest BCUT2D eigenvalue weighted by atomic mass is 16.6. The van der Waals surface area contributed by atoms with Crippen LogP contribution in [0.25, 0.3) is 33.4 Å². The molecule has 0 saturated carbocycles. The maximum absolute atomic E-state index is 13.3. The Morgan fingerprint density at radius 1 is 1.18 bits per heavy atom. The number of fused-ring (bicyclic) bond motifs is 7. The predicted octanol–water partition coefficient (Wildman–Crippen LogP) is 3.56. The van der Waals surface area contributed by atoms with E-state index >= 15 is 0 Å². The fourth-order valence-corrected chi connectivity index (χ4v) is 4.92. The summed E-state index contributed by atoms with van der Waals surface area (Å²) in [6, 6.07) is 7.51. The minimum Gasteiger partial charge on any atom is -0.458 e. The van der Waals surface area contributed by atoms with Crippen molar-refractivity contribution in [3.63, 3.8) is 0 Å². The third-order valence-electron chi connectivity index (χ3n) is 6.83. The molecule has 33 heavy (non-hydrogen) atoms. The largest absolute Gasteiger partial charge is 0.458 e. The zero-order valence-electron chi connectivity index (χ0n) is 18.5. The molecule has 0 saturated heterocycles. The number of oxazole rings is 1. The monoisotopic (exact) mass is 445 g/mol. The number of hydrogen-bond donors (Lipinski definition) is 1. The van der Waals surface area contributed by atoms with Crippen molar-refractivity contribution in [1.29, 1.82) is 0 Å². The number of carbonyl (C=O) groups excluding carboxylic acids is 1. The fourth-order valence-electron chi connectivity index (χ4n) is 4.92. The first-order chi connectivity index (χ1) is 15.9. The van der Waals surface area contributed by atoms with Gasteiger partial charge in [-0.1, -0.05) is 20.3 Å². The van der Waals surface area contributed by atoms with E-state index < -0.39 is 11.6 Å². The Labute approximate surface area is 188 Å². The molecule has 0 bridgehead atoms. The van der Waals surface area contributed by atoms with E-state index in [1.165, 1.54) is 0 Å². The Morgan fingerprint density at radius 3 is 2.82 bits per heavy atom. The molecule has 2 aliphatic heterocycles. The first-order valence-electron chi connectivity index (χ1n) is 11.3. The number of nitrogens with zero attached hydrogens (tertiary/aromatic N) is 3. The van der Waals surface area contributed by atoms with E-state index in [9.17, 15) is 14.7 Å². The molecule has 8 nitrogen and oxygen atoms in total. The van der Waals surface area contributed by atoms with E-state index in [2.05, 4.69) is 6.92 Å². The normalized spacial score (nSPS) is 18.9. The van der Waals surface area contributed by atoms with Gasteiger partial charge in [0.1, 0.15) is 12.1 Å². The van der Waals surface area contributed by atoms with Crippen molar-refractivity contribution in [1.82, 2.24) is 14.5 Å². The fraction of sp³-hybridized carbons (Fsp3) is 0.360. The summed E-state index contributed by atoms with van der Waals surface area (Å²) < 4.78 is 12.7. The van der Waals surface area contributed by atoms with Gasteiger partial charge in [-0.25, -0.2) is 14.8 Å². The molecule has 1 atom stereocenters. The zero-order valence-corrected chi connectivity index (χ0v) is 18.5. The smallest absolute Gasteiger partial charge is 0.343 e. The van der Waals surface area contributed by atoms with Crippen molar-refractivity contribution in [2.75, 3.05) is 0 Å². The van der Waals surface area contributed by atoms with E-state index in [-0.39, 0.29) is 18.6 Å². The molecule has 0 radical (unpaired) electrons. The number of esters is 1. The Balaban J connectivity index is 1.54. The van der Waals surface area contributed by atoms with Gasteiger partial charge in [0.2, 0.25) is 0 Å². The summed E-state index contributed by atoms with van der Waals surface area (Å²) >= 11 is 0. The van der Waals surface area contributed by atoms with Crippen LogP contribution in [0.2, 0.25) is 0 Å². The molecule has 4 aromatic rings. The zero-order chi connectivity index (χ0) is 22.9. The van der Waals surface area contributed by atoms with Crippen molar-refractivity contribution in [2.24, 2.45) is 0 Å². The van der Waals surface area contributed by atoms with Crippen LogP contribution >= 0.6 is 0 Å². The summed E-state index contributed by atoms with van der Waals surface area (Å²) in [5, 5.41) is 11.9. The van der Waals surface area contributed by atoms with E-state index in [0.29, 0.717) is 29.1 Å². The van der Waals surface area contributed by atoms with Gasteiger partial charge in [0.05, 0.1) is 29.0 Å². The standard InChI is InChI=1S/C25H23N3O5/c1-3-5-6-20-27-22-14-9-13-11-28-18(21(13)26-17(14)7-8-19(22)33-20)10-16-15(23(28)29)12-32-24(30)25(16,31)4-2/h7-10,31H,3-6,11-12H2,1-2H3/t25-/m0/s1. The van der Waals surface area contributed by atoms with Crippen LogP contribution in [0.15, 0.2) is 33.5 Å². The van der Waals surface area contributed by atoms with Gasteiger partial charge in [-0.2, -0.15) is 0 Å². The summed E-state index contributed by atoms with van der Waals surface area (Å²) in [6.07, 6.45) is 2.98. The Morgan fingerprint density at radius 2 is 2.03 bits per heavy atom. The average Bonchev–Trinajstić information content (AvgIpc) is 3.40. The number of aromatic nitrogens is 3. The molecule has 0 amide bonds. The number of rotatable bonds is 4. The van der Waals surface area contributed by atoms with Gasteiger partial charge >= 0.3 is 5.97 Å². The molecule has 1 N–H and O–H groups in total. The Bertz CT molecular complexity index is 1530. The van der Waals surface area contributed by atoms with Crippen LogP contribution in [0, 0.1) is 0 Å². The summed E-state index contributed by atoms with van der Waals surface area (Å²) in [5.74, 6) is -0.00519. The lowest BCUT2D eigenvalue weighted by molar-refractivity contribution is -0.172. The van der Waals surface area contributed by atoms with Crippen LogP contribution in [0.4, 0.5) is 0 Å². The minimum absolute atomic E-state index is 0.115. The second-order valence-corrected chi connectivity index (χ2v) is 8.79. The van der Waals surface area contributed by atoms with Crippen LogP contribution in [-0.2, 0) is 34.7 Å². The van der Waals surface area contributed by atoms with Gasteiger partial charge in [0.15, 0.2) is 17.1 Å². The number of unbranched alkanes of at least 4 members (excludes halogenated alkanes) is 1. The maximum atomic E-state index is 13.3. The van der Waals surface area contributed by atoms with E-state index in [4.69, 9.17) is 19.1 Å². The highest BCUT2D eigenvalue weighted by Crippen LogP contribution is 2.39. The molecule has 0 spiro atoms. The second-order valence-electron chi connectivity index (χ2n) is 8.79. The molecule has 0 aliphatic carbocycles. The molecule has 1 aromatic carbocycles. The molecule has 0 unspecified atom stereocenters. The molecular weight excluding hydrogens is 422 g/mol. The number of benzene rings is 1. The van der Waals surface area contributed by atoms with Crippen LogP contribution in [0.5, 0.6) is 0 Å². The predicted molar refractivity (Wildman–Crippen MR) is 121 cm³/mol. The van der Waals surface area contributed by atoms with Crippen molar-refractivity contribution < 1.29 is 19.1 Å². The Kier molecular flexibility index (Phi) is 4.26. The van der Waals surface area contributed by atoms with Crippen molar-refractivity contribution in [3.05, 3.63) is 57.2 Å².